The molecule has 0 amide bonds. The number of fused-ring (bicyclic) bond motifs is 1. The normalized spacial score (nSPS) is 17.2. The lowest BCUT2D eigenvalue weighted by atomic mass is 10.0. The van der Waals surface area contributed by atoms with Crippen LogP contribution in [0.25, 0.3) is 11.0 Å². The van der Waals surface area contributed by atoms with Crippen molar-refractivity contribution in [2.75, 3.05) is 6.54 Å². The summed E-state index contributed by atoms with van der Waals surface area (Å²) < 4.78 is 0. The number of H-pyrrole nitrogens is 2. The third-order valence-electron chi connectivity index (χ3n) is 3.66. The van der Waals surface area contributed by atoms with Gasteiger partial charge in [-0.15, -0.1) is 0 Å². The second kappa shape index (κ2) is 4.61. The van der Waals surface area contributed by atoms with Gasteiger partial charge in [-0.05, 0) is 36.6 Å². The Labute approximate surface area is 106 Å². The number of benzene rings is 1. The quantitative estimate of drug-likeness (QED) is 0.757. The highest BCUT2D eigenvalue weighted by molar-refractivity contribution is 5.75. The summed E-state index contributed by atoms with van der Waals surface area (Å²) in [7, 11) is 0. The summed E-state index contributed by atoms with van der Waals surface area (Å²) in [6, 6.07) is 6.59. The Kier molecular flexibility index (Phi) is 2.96. The molecule has 0 saturated heterocycles. The van der Waals surface area contributed by atoms with Crippen molar-refractivity contribution in [3.8, 4) is 0 Å². The Morgan fingerprint density at radius 2 is 2.11 bits per heavy atom. The van der Waals surface area contributed by atoms with E-state index in [0.717, 1.165) is 23.5 Å². The second-order valence-corrected chi connectivity index (χ2v) is 5.17. The SMILES string of the molecule is CCNC(CC1CC1)c1ccc2[nH]c(=O)[nH]c2c1. The molecule has 0 spiro atoms. The van der Waals surface area contributed by atoms with Gasteiger partial charge >= 0.3 is 5.69 Å². The summed E-state index contributed by atoms with van der Waals surface area (Å²) in [6.07, 6.45) is 3.93. The standard InChI is InChI=1S/C14H19N3O/c1-2-15-12(7-9-3-4-9)10-5-6-11-13(8-10)17-14(18)16-11/h5-6,8-9,12,15H,2-4,7H2,1H3,(H2,16,17,18). The average Bonchev–Trinajstić information content (AvgIpc) is 3.07. The smallest absolute Gasteiger partial charge is 0.310 e. The van der Waals surface area contributed by atoms with Gasteiger partial charge in [0.25, 0.3) is 0 Å². The third-order valence-corrected chi connectivity index (χ3v) is 3.66. The lowest BCUT2D eigenvalue weighted by Gasteiger charge is -2.18. The predicted octanol–water partition coefficient (Wildman–Crippen LogP) is 2.31. The first-order valence-electron chi connectivity index (χ1n) is 6.71. The van der Waals surface area contributed by atoms with Crippen LogP contribution in [0.1, 0.15) is 37.8 Å². The summed E-state index contributed by atoms with van der Waals surface area (Å²) in [5, 5.41) is 3.54. The van der Waals surface area contributed by atoms with E-state index in [0.29, 0.717) is 6.04 Å². The van der Waals surface area contributed by atoms with Crippen molar-refractivity contribution in [1.82, 2.24) is 15.3 Å². The van der Waals surface area contributed by atoms with E-state index in [2.05, 4.69) is 34.3 Å². The summed E-state index contributed by atoms with van der Waals surface area (Å²) in [5.41, 5.74) is 2.91. The van der Waals surface area contributed by atoms with Crippen LogP contribution >= 0.6 is 0 Å². The molecular weight excluding hydrogens is 226 g/mol. The maximum Gasteiger partial charge on any atom is 0.323 e. The highest BCUT2D eigenvalue weighted by atomic mass is 16.1. The number of aromatic nitrogens is 2. The van der Waals surface area contributed by atoms with Crippen LogP contribution in [0.15, 0.2) is 23.0 Å². The summed E-state index contributed by atoms with van der Waals surface area (Å²) in [5.74, 6) is 0.884. The van der Waals surface area contributed by atoms with Crippen molar-refractivity contribution in [2.45, 2.75) is 32.2 Å². The summed E-state index contributed by atoms with van der Waals surface area (Å²) in [6.45, 7) is 3.11. The zero-order chi connectivity index (χ0) is 12.5. The molecule has 1 aliphatic carbocycles. The van der Waals surface area contributed by atoms with E-state index in [4.69, 9.17) is 0 Å². The van der Waals surface area contributed by atoms with Crippen molar-refractivity contribution in [2.24, 2.45) is 5.92 Å². The van der Waals surface area contributed by atoms with Crippen molar-refractivity contribution in [1.29, 1.82) is 0 Å². The molecule has 1 aromatic carbocycles. The van der Waals surface area contributed by atoms with Gasteiger partial charge in [0.1, 0.15) is 0 Å². The summed E-state index contributed by atoms with van der Waals surface area (Å²) in [4.78, 5) is 16.9. The first-order chi connectivity index (χ1) is 8.76. The van der Waals surface area contributed by atoms with E-state index in [-0.39, 0.29) is 5.69 Å². The number of hydrogen-bond donors (Lipinski definition) is 3. The minimum atomic E-state index is -0.135. The molecule has 2 aromatic rings. The van der Waals surface area contributed by atoms with Crippen molar-refractivity contribution in [3.05, 3.63) is 34.2 Å². The number of rotatable bonds is 5. The first kappa shape index (κ1) is 11.5. The van der Waals surface area contributed by atoms with Crippen LogP contribution in [0, 0.1) is 5.92 Å². The lowest BCUT2D eigenvalue weighted by Crippen LogP contribution is -2.21. The van der Waals surface area contributed by atoms with Crippen LogP contribution in [0.5, 0.6) is 0 Å². The fourth-order valence-corrected chi connectivity index (χ4v) is 2.54. The van der Waals surface area contributed by atoms with Gasteiger partial charge in [-0.3, -0.25) is 0 Å². The van der Waals surface area contributed by atoms with Gasteiger partial charge in [0.15, 0.2) is 0 Å². The minimum absolute atomic E-state index is 0.135. The zero-order valence-corrected chi connectivity index (χ0v) is 10.6. The van der Waals surface area contributed by atoms with Gasteiger partial charge in [0.2, 0.25) is 0 Å². The van der Waals surface area contributed by atoms with E-state index >= 15 is 0 Å². The number of aromatic amines is 2. The highest BCUT2D eigenvalue weighted by Gasteiger charge is 2.26. The topological polar surface area (TPSA) is 60.7 Å². The molecule has 1 aromatic heterocycles. The van der Waals surface area contributed by atoms with Crippen LogP contribution in [-0.2, 0) is 0 Å². The van der Waals surface area contributed by atoms with Gasteiger partial charge in [-0.2, -0.15) is 0 Å². The Bertz CT molecular complexity index is 594. The first-order valence-corrected chi connectivity index (χ1v) is 6.71. The molecule has 96 valence electrons. The molecule has 0 bridgehead atoms. The predicted molar refractivity (Wildman–Crippen MR) is 72.7 cm³/mol. The van der Waals surface area contributed by atoms with E-state index in [1.54, 1.807) is 0 Å². The molecule has 1 heterocycles. The van der Waals surface area contributed by atoms with E-state index in [1.165, 1.54) is 24.8 Å². The number of hydrogen-bond acceptors (Lipinski definition) is 2. The van der Waals surface area contributed by atoms with Gasteiger partial charge in [-0.1, -0.05) is 25.8 Å². The molecule has 1 atom stereocenters. The molecule has 4 nitrogen and oxygen atoms in total. The minimum Gasteiger partial charge on any atom is -0.310 e. The van der Waals surface area contributed by atoms with Gasteiger partial charge in [0, 0.05) is 6.04 Å². The van der Waals surface area contributed by atoms with Crippen LogP contribution in [0.3, 0.4) is 0 Å². The average molecular weight is 245 g/mol. The molecule has 18 heavy (non-hydrogen) atoms. The largest absolute Gasteiger partial charge is 0.323 e. The molecular formula is C14H19N3O. The maximum absolute atomic E-state index is 11.3. The summed E-state index contributed by atoms with van der Waals surface area (Å²) >= 11 is 0. The van der Waals surface area contributed by atoms with Crippen molar-refractivity contribution < 1.29 is 0 Å². The number of imidazole rings is 1. The van der Waals surface area contributed by atoms with Crippen molar-refractivity contribution in [3.63, 3.8) is 0 Å². The number of nitrogens with one attached hydrogen (secondary N) is 3. The third kappa shape index (κ3) is 2.34. The monoisotopic (exact) mass is 245 g/mol. The van der Waals surface area contributed by atoms with Gasteiger partial charge in [0.05, 0.1) is 11.0 Å². The lowest BCUT2D eigenvalue weighted by molar-refractivity contribution is 0.487. The maximum atomic E-state index is 11.3. The van der Waals surface area contributed by atoms with E-state index in [1.807, 2.05) is 6.07 Å². The molecule has 1 aliphatic rings. The fourth-order valence-electron chi connectivity index (χ4n) is 2.54. The van der Waals surface area contributed by atoms with E-state index in [9.17, 15) is 4.79 Å². The van der Waals surface area contributed by atoms with Crippen LogP contribution in [0.2, 0.25) is 0 Å². The van der Waals surface area contributed by atoms with Gasteiger partial charge < -0.3 is 15.3 Å². The molecule has 3 rings (SSSR count). The Balaban J connectivity index is 1.91. The van der Waals surface area contributed by atoms with E-state index < -0.39 is 0 Å². The Hall–Kier alpha value is -1.55. The Morgan fingerprint density at radius 3 is 2.83 bits per heavy atom. The highest BCUT2D eigenvalue weighted by Crippen LogP contribution is 2.37. The van der Waals surface area contributed by atoms with Crippen LogP contribution in [0.4, 0.5) is 0 Å². The second-order valence-electron chi connectivity index (χ2n) is 5.17. The Morgan fingerprint density at radius 1 is 1.33 bits per heavy atom. The van der Waals surface area contributed by atoms with Gasteiger partial charge in [-0.25, -0.2) is 4.79 Å². The van der Waals surface area contributed by atoms with Crippen LogP contribution < -0.4 is 11.0 Å². The molecule has 3 N–H and O–H groups in total. The van der Waals surface area contributed by atoms with Crippen LogP contribution in [-0.4, -0.2) is 16.5 Å². The molecule has 0 aliphatic heterocycles. The molecule has 1 saturated carbocycles. The molecule has 0 radical (unpaired) electrons. The molecule has 1 fully saturated rings. The zero-order valence-electron chi connectivity index (χ0n) is 10.6. The molecule has 4 heteroatoms. The molecule has 1 unspecified atom stereocenters. The van der Waals surface area contributed by atoms with Crippen molar-refractivity contribution >= 4 is 11.0 Å². The fraction of sp³-hybridized carbons (Fsp3) is 0.500.